The summed E-state index contributed by atoms with van der Waals surface area (Å²) >= 11 is 0. The van der Waals surface area contributed by atoms with Crippen LogP contribution in [0.2, 0.25) is 0 Å². The van der Waals surface area contributed by atoms with Gasteiger partial charge < -0.3 is 9.80 Å². The quantitative estimate of drug-likeness (QED) is 0.817. The number of hydrogen-bond donors (Lipinski definition) is 0. The fraction of sp³-hybridized carbons (Fsp3) is 0.533. The van der Waals surface area contributed by atoms with E-state index in [9.17, 15) is 4.79 Å². The molecule has 1 unspecified atom stereocenters. The Morgan fingerprint density at radius 1 is 1.39 bits per heavy atom. The van der Waals surface area contributed by atoms with E-state index in [2.05, 4.69) is 11.9 Å². The number of para-hydroxylation sites is 1. The van der Waals surface area contributed by atoms with Gasteiger partial charge in [-0.05, 0) is 45.5 Å². The number of hydrogen-bond acceptors (Lipinski definition) is 2. The number of piperidine rings is 1. The van der Waals surface area contributed by atoms with E-state index >= 15 is 0 Å². The van der Waals surface area contributed by atoms with E-state index in [-0.39, 0.29) is 11.8 Å². The van der Waals surface area contributed by atoms with Crippen molar-refractivity contribution in [3.05, 3.63) is 30.3 Å². The monoisotopic (exact) mass is 246 g/mol. The molecular weight excluding hydrogens is 224 g/mol. The van der Waals surface area contributed by atoms with Crippen molar-refractivity contribution in [1.82, 2.24) is 4.90 Å². The number of likely N-dealkylation sites (tertiary alicyclic amines) is 1. The summed E-state index contributed by atoms with van der Waals surface area (Å²) in [5.41, 5.74) is 1.01. The number of carbonyl (C=O) groups excluding carboxylic acids is 1. The summed E-state index contributed by atoms with van der Waals surface area (Å²) in [5.74, 6) is 0.430. The lowest BCUT2D eigenvalue weighted by molar-refractivity contribution is -0.123. The SMILES string of the molecule is CCN(C(=O)C1CCCN(C)C1)c1ccccc1. The second-order valence-electron chi connectivity index (χ2n) is 5.02. The summed E-state index contributed by atoms with van der Waals surface area (Å²) in [6, 6.07) is 9.97. The number of anilines is 1. The molecule has 18 heavy (non-hydrogen) atoms. The number of nitrogens with zero attached hydrogens (tertiary/aromatic N) is 2. The molecular formula is C15H22N2O. The number of amides is 1. The molecule has 0 bridgehead atoms. The van der Waals surface area contributed by atoms with Crippen molar-refractivity contribution >= 4 is 11.6 Å². The van der Waals surface area contributed by atoms with E-state index < -0.39 is 0 Å². The first kappa shape index (κ1) is 13.1. The fourth-order valence-corrected chi connectivity index (χ4v) is 2.66. The minimum atomic E-state index is 0.156. The largest absolute Gasteiger partial charge is 0.312 e. The molecule has 0 N–H and O–H groups in total. The van der Waals surface area contributed by atoms with Gasteiger partial charge in [0.2, 0.25) is 5.91 Å². The van der Waals surface area contributed by atoms with Gasteiger partial charge in [0.15, 0.2) is 0 Å². The van der Waals surface area contributed by atoms with Gasteiger partial charge in [0.1, 0.15) is 0 Å². The van der Waals surface area contributed by atoms with Crippen molar-refractivity contribution in [2.45, 2.75) is 19.8 Å². The predicted molar refractivity (Wildman–Crippen MR) is 74.7 cm³/mol. The second-order valence-corrected chi connectivity index (χ2v) is 5.02. The van der Waals surface area contributed by atoms with Gasteiger partial charge in [-0.1, -0.05) is 18.2 Å². The highest BCUT2D eigenvalue weighted by Crippen LogP contribution is 2.21. The molecule has 0 radical (unpaired) electrons. The molecule has 1 atom stereocenters. The van der Waals surface area contributed by atoms with Crippen LogP contribution in [0.4, 0.5) is 5.69 Å². The number of carbonyl (C=O) groups is 1. The predicted octanol–water partition coefficient (Wildman–Crippen LogP) is 2.38. The maximum Gasteiger partial charge on any atom is 0.231 e. The Balaban J connectivity index is 2.10. The van der Waals surface area contributed by atoms with Crippen LogP contribution in [-0.2, 0) is 4.79 Å². The molecule has 1 aromatic carbocycles. The Bertz CT molecular complexity index is 391. The Kier molecular flexibility index (Phi) is 4.37. The molecule has 0 spiro atoms. The molecule has 1 heterocycles. The van der Waals surface area contributed by atoms with Crippen molar-refractivity contribution in [1.29, 1.82) is 0 Å². The second kappa shape index (κ2) is 6.01. The van der Waals surface area contributed by atoms with Crippen LogP contribution in [0.15, 0.2) is 30.3 Å². The third-order valence-corrected chi connectivity index (χ3v) is 3.62. The molecule has 2 rings (SSSR count). The summed E-state index contributed by atoms with van der Waals surface area (Å²) in [4.78, 5) is 16.7. The van der Waals surface area contributed by atoms with Crippen LogP contribution < -0.4 is 4.90 Å². The molecule has 1 aromatic rings. The first-order valence-corrected chi connectivity index (χ1v) is 6.77. The van der Waals surface area contributed by atoms with Crippen LogP contribution >= 0.6 is 0 Å². The van der Waals surface area contributed by atoms with Gasteiger partial charge in [-0.15, -0.1) is 0 Å². The van der Waals surface area contributed by atoms with E-state index in [0.717, 1.165) is 38.2 Å². The molecule has 0 saturated carbocycles. The summed E-state index contributed by atoms with van der Waals surface area (Å²) in [5, 5.41) is 0. The summed E-state index contributed by atoms with van der Waals surface area (Å²) in [7, 11) is 2.10. The molecule has 0 aromatic heterocycles. The van der Waals surface area contributed by atoms with Crippen LogP contribution in [0.5, 0.6) is 0 Å². The van der Waals surface area contributed by atoms with Gasteiger partial charge in [-0.3, -0.25) is 4.79 Å². The lowest BCUT2D eigenvalue weighted by atomic mass is 9.96. The topological polar surface area (TPSA) is 23.6 Å². The molecule has 1 amide bonds. The summed E-state index contributed by atoms with van der Waals surface area (Å²) in [6.07, 6.45) is 2.14. The standard InChI is InChI=1S/C15H22N2O/c1-3-17(14-9-5-4-6-10-14)15(18)13-8-7-11-16(2)12-13/h4-6,9-10,13H,3,7-8,11-12H2,1-2H3. The lowest BCUT2D eigenvalue weighted by Crippen LogP contribution is -2.43. The first-order chi connectivity index (χ1) is 8.72. The van der Waals surface area contributed by atoms with Gasteiger partial charge in [0, 0.05) is 18.8 Å². The summed E-state index contributed by atoms with van der Waals surface area (Å²) in [6.45, 7) is 4.78. The van der Waals surface area contributed by atoms with E-state index in [1.54, 1.807) is 0 Å². The molecule has 1 fully saturated rings. The van der Waals surface area contributed by atoms with Crippen LogP contribution in [0.1, 0.15) is 19.8 Å². The smallest absolute Gasteiger partial charge is 0.231 e. The maximum absolute atomic E-state index is 12.6. The zero-order valence-corrected chi connectivity index (χ0v) is 11.3. The zero-order chi connectivity index (χ0) is 13.0. The van der Waals surface area contributed by atoms with E-state index in [4.69, 9.17) is 0 Å². The summed E-state index contributed by atoms with van der Waals surface area (Å²) < 4.78 is 0. The molecule has 1 aliphatic rings. The highest BCUT2D eigenvalue weighted by Gasteiger charge is 2.27. The van der Waals surface area contributed by atoms with Gasteiger partial charge >= 0.3 is 0 Å². The first-order valence-electron chi connectivity index (χ1n) is 6.77. The average Bonchev–Trinajstić information content (AvgIpc) is 2.41. The van der Waals surface area contributed by atoms with Crippen molar-refractivity contribution in [3.63, 3.8) is 0 Å². The Morgan fingerprint density at radius 2 is 2.11 bits per heavy atom. The molecule has 1 aliphatic heterocycles. The van der Waals surface area contributed by atoms with Crippen molar-refractivity contribution in [2.24, 2.45) is 5.92 Å². The molecule has 1 saturated heterocycles. The van der Waals surface area contributed by atoms with Crippen molar-refractivity contribution in [2.75, 3.05) is 31.6 Å². The van der Waals surface area contributed by atoms with Gasteiger partial charge in [0.05, 0.1) is 5.92 Å². The van der Waals surface area contributed by atoms with E-state index in [0.29, 0.717) is 0 Å². The van der Waals surface area contributed by atoms with Crippen LogP contribution in [0.25, 0.3) is 0 Å². The van der Waals surface area contributed by atoms with Crippen LogP contribution in [0.3, 0.4) is 0 Å². The Labute approximate surface area is 109 Å². The number of benzene rings is 1. The number of rotatable bonds is 3. The van der Waals surface area contributed by atoms with Crippen LogP contribution in [0, 0.1) is 5.92 Å². The third kappa shape index (κ3) is 2.91. The zero-order valence-electron chi connectivity index (χ0n) is 11.3. The fourth-order valence-electron chi connectivity index (χ4n) is 2.66. The third-order valence-electron chi connectivity index (χ3n) is 3.62. The van der Waals surface area contributed by atoms with E-state index in [1.165, 1.54) is 0 Å². The Morgan fingerprint density at radius 3 is 2.72 bits per heavy atom. The average molecular weight is 246 g/mol. The van der Waals surface area contributed by atoms with Gasteiger partial charge in [-0.25, -0.2) is 0 Å². The minimum Gasteiger partial charge on any atom is -0.312 e. The van der Waals surface area contributed by atoms with Crippen molar-refractivity contribution in [3.8, 4) is 0 Å². The van der Waals surface area contributed by atoms with Gasteiger partial charge in [0.25, 0.3) is 0 Å². The normalized spacial score (nSPS) is 20.7. The Hall–Kier alpha value is -1.35. The molecule has 3 nitrogen and oxygen atoms in total. The molecule has 98 valence electrons. The highest BCUT2D eigenvalue weighted by atomic mass is 16.2. The van der Waals surface area contributed by atoms with Crippen molar-refractivity contribution < 1.29 is 4.79 Å². The molecule has 0 aliphatic carbocycles. The minimum absolute atomic E-state index is 0.156. The van der Waals surface area contributed by atoms with Crippen LogP contribution in [-0.4, -0.2) is 37.5 Å². The van der Waals surface area contributed by atoms with E-state index in [1.807, 2.05) is 42.2 Å². The maximum atomic E-state index is 12.6. The molecule has 3 heteroatoms. The van der Waals surface area contributed by atoms with Gasteiger partial charge in [-0.2, -0.15) is 0 Å². The lowest BCUT2D eigenvalue weighted by Gasteiger charge is -2.32. The highest BCUT2D eigenvalue weighted by molar-refractivity contribution is 5.95.